The molecule has 0 fully saturated rings. The number of nitrogens with zero attached hydrogens (tertiary/aromatic N) is 1. The van der Waals surface area contributed by atoms with E-state index in [1.807, 2.05) is 44.4 Å². The summed E-state index contributed by atoms with van der Waals surface area (Å²) in [7, 11) is 3.70. The number of carbonyl (C=O) groups is 1. The largest absolute Gasteiger partial charge is 0.480 e. The summed E-state index contributed by atoms with van der Waals surface area (Å²) in [4.78, 5) is 14.6. The van der Waals surface area contributed by atoms with E-state index in [0.29, 0.717) is 11.1 Å². The minimum atomic E-state index is -0.537. The van der Waals surface area contributed by atoms with Gasteiger partial charge in [-0.2, -0.15) is 0 Å². The first-order valence-electron chi connectivity index (χ1n) is 7.00. The van der Waals surface area contributed by atoms with Crippen LogP contribution in [0.2, 0.25) is 0 Å². The molecule has 0 aromatic heterocycles. The van der Waals surface area contributed by atoms with Crippen molar-refractivity contribution in [3.8, 4) is 5.75 Å². The van der Waals surface area contributed by atoms with E-state index in [9.17, 15) is 9.18 Å². The monoisotopic (exact) mass is 297 g/mol. The molecule has 2 aromatic rings. The lowest BCUT2D eigenvalue weighted by atomic mass is 9.91. The smallest absolute Gasteiger partial charge is 0.198 e. The van der Waals surface area contributed by atoms with Crippen LogP contribution < -0.4 is 4.74 Å². The van der Waals surface area contributed by atoms with Crippen LogP contribution >= 0.6 is 0 Å². The van der Waals surface area contributed by atoms with Gasteiger partial charge >= 0.3 is 0 Å². The Morgan fingerprint density at radius 3 is 2.55 bits per heavy atom. The molecule has 3 rings (SSSR count). The molecular weight excluding hydrogens is 281 g/mol. The van der Waals surface area contributed by atoms with E-state index in [4.69, 9.17) is 4.74 Å². The van der Waals surface area contributed by atoms with E-state index in [1.165, 1.54) is 18.2 Å². The first-order chi connectivity index (χ1) is 10.6. The van der Waals surface area contributed by atoms with Gasteiger partial charge in [0.2, 0.25) is 0 Å². The average Bonchev–Trinajstić information content (AvgIpc) is 2.50. The number of carbonyl (C=O) groups excluding carboxylic acids is 1. The van der Waals surface area contributed by atoms with Gasteiger partial charge in [0.25, 0.3) is 0 Å². The van der Waals surface area contributed by atoms with Crippen molar-refractivity contribution < 1.29 is 13.9 Å². The summed E-state index contributed by atoms with van der Waals surface area (Å²) in [6.07, 6.45) is 1.22. The number of hydrogen-bond donors (Lipinski definition) is 0. The molecule has 22 heavy (non-hydrogen) atoms. The van der Waals surface area contributed by atoms with Crippen LogP contribution in [0, 0.1) is 5.82 Å². The lowest BCUT2D eigenvalue weighted by Crippen LogP contribution is -2.25. The van der Waals surface area contributed by atoms with Crippen molar-refractivity contribution in [1.82, 2.24) is 4.90 Å². The van der Waals surface area contributed by atoms with Crippen LogP contribution in [0.3, 0.4) is 0 Å². The van der Waals surface area contributed by atoms with Crippen LogP contribution in [0.15, 0.2) is 60.3 Å². The Labute approximate surface area is 128 Å². The number of rotatable bonds is 2. The fourth-order valence-electron chi connectivity index (χ4n) is 2.53. The molecule has 2 aromatic carbocycles. The molecule has 0 spiro atoms. The quantitative estimate of drug-likeness (QED) is 0.793. The summed E-state index contributed by atoms with van der Waals surface area (Å²) in [5.74, 6) is -0.267. The molecule has 0 aliphatic carbocycles. The van der Waals surface area contributed by atoms with Gasteiger partial charge < -0.3 is 9.64 Å². The second-order valence-corrected chi connectivity index (χ2v) is 5.43. The number of hydrogen-bond acceptors (Lipinski definition) is 3. The Kier molecular flexibility index (Phi) is 3.67. The number of benzene rings is 2. The first-order valence-corrected chi connectivity index (χ1v) is 7.00. The maximum absolute atomic E-state index is 13.4. The fraction of sp³-hybridized carbons (Fsp3) is 0.167. The molecule has 0 saturated carbocycles. The molecule has 0 saturated heterocycles. The van der Waals surface area contributed by atoms with E-state index in [1.54, 1.807) is 11.1 Å². The van der Waals surface area contributed by atoms with Gasteiger partial charge in [-0.05, 0) is 17.7 Å². The third-order valence-corrected chi connectivity index (χ3v) is 3.48. The summed E-state index contributed by atoms with van der Waals surface area (Å²) in [6.45, 7) is 0. The summed E-state index contributed by atoms with van der Waals surface area (Å²) < 4.78 is 19.4. The summed E-state index contributed by atoms with van der Waals surface area (Å²) in [5, 5.41) is 0. The number of ketones is 1. The van der Waals surface area contributed by atoms with E-state index in [2.05, 4.69) is 0 Å². The van der Waals surface area contributed by atoms with Gasteiger partial charge in [0.1, 0.15) is 11.6 Å². The third kappa shape index (κ3) is 2.60. The van der Waals surface area contributed by atoms with Crippen molar-refractivity contribution in [3.63, 3.8) is 0 Å². The molecule has 1 unspecified atom stereocenters. The highest BCUT2D eigenvalue weighted by Gasteiger charge is 2.33. The minimum Gasteiger partial charge on any atom is -0.480 e. The van der Waals surface area contributed by atoms with Gasteiger partial charge in [-0.15, -0.1) is 0 Å². The topological polar surface area (TPSA) is 29.5 Å². The number of fused-ring (bicyclic) bond motifs is 1. The van der Waals surface area contributed by atoms with E-state index < -0.39 is 11.9 Å². The number of ether oxygens (including phenoxy) is 1. The molecular formula is C18H16FNO2. The average molecular weight is 297 g/mol. The van der Waals surface area contributed by atoms with Gasteiger partial charge in [-0.25, -0.2) is 4.39 Å². The highest BCUT2D eigenvalue weighted by atomic mass is 19.1. The zero-order chi connectivity index (χ0) is 15.7. The van der Waals surface area contributed by atoms with Crippen LogP contribution in [0.1, 0.15) is 22.0 Å². The normalized spacial score (nSPS) is 18.8. The lowest BCUT2D eigenvalue weighted by Gasteiger charge is -2.29. The van der Waals surface area contributed by atoms with Crippen LogP contribution in [0.5, 0.6) is 5.75 Å². The van der Waals surface area contributed by atoms with Crippen molar-refractivity contribution in [1.29, 1.82) is 0 Å². The van der Waals surface area contributed by atoms with Crippen molar-refractivity contribution in [3.05, 3.63) is 77.2 Å². The van der Waals surface area contributed by atoms with Gasteiger partial charge in [0, 0.05) is 26.4 Å². The van der Waals surface area contributed by atoms with Gasteiger partial charge in [-0.1, -0.05) is 30.3 Å². The Morgan fingerprint density at radius 2 is 1.86 bits per heavy atom. The maximum atomic E-state index is 13.4. The third-order valence-electron chi connectivity index (χ3n) is 3.48. The molecule has 0 radical (unpaired) electrons. The standard InChI is InChI=1S/C18H16FNO2/c1-20(2)11-15-17(21)14-9-8-13(19)10-16(14)22-18(15)12-6-4-3-5-7-12/h3-11,18H,1-2H3. The van der Waals surface area contributed by atoms with Crippen molar-refractivity contribution >= 4 is 5.78 Å². The van der Waals surface area contributed by atoms with Gasteiger partial charge in [0.15, 0.2) is 11.9 Å². The van der Waals surface area contributed by atoms with Crippen molar-refractivity contribution in [2.75, 3.05) is 14.1 Å². The van der Waals surface area contributed by atoms with E-state index in [-0.39, 0.29) is 11.5 Å². The molecule has 112 valence electrons. The van der Waals surface area contributed by atoms with Crippen LogP contribution in [-0.2, 0) is 0 Å². The summed E-state index contributed by atoms with van der Waals surface area (Å²) >= 11 is 0. The highest BCUT2D eigenvalue weighted by Crippen LogP contribution is 2.38. The predicted octanol–water partition coefficient (Wildman–Crippen LogP) is 3.59. The van der Waals surface area contributed by atoms with Gasteiger partial charge in [0.05, 0.1) is 11.1 Å². The molecule has 1 aliphatic rings. The van der Waals surface area contributed by atoms with Crippen molar-refractivity contribution in [2.45, 2.75) is 6.10 Å². The molecule has 4 heteroatoms. The molecule has 0 bridgehead atoms. The predicted molar refractivity (Wildman–Crippen MR) is 82.3 cm³/mol. The van der Waals surface area contributed by atoms with Crippen molar-refractivity contribution in [2.24, 2.45) is 0 Å². The van der Waals surface area contributed by atoms with Crippen LogP contribution in [0.25, 0.3) is 0 Å². The maximum Gasteiger partial charge on any atom is 0.198 e. The Bertz CT molecular complexity index is 738. The number of halogens is 1. The second-order valence-electron chi connectivity index (χ2n) is 5.43. The molecule has 0 amide bonds. The van der Waals surface area contributed by atoms with E-state index >= 15 is 0 Å². The SMILES string of the molecule is CN(C)C=C1C(=O)c2ccc(F)cc2OC1c1ccccc1. The summed E-state index contributed by atoms with van der Waals surface area (Å²) in [5.41, 5.74) is 1.79. The van der Waals surface area contributed by atoms with Crippen LogP contribution in [-0.4, -0.2) is 24.8 Å². The second kappa shape index (κ2) is 5.64. The molecule has 1 atom stereocenters. The Balaban J connectivity index is 2.14. The van der Waals surface area contributed by atoms with Crippen LogP contribution in [0.4, 0.5) is 4.39 Å². The minimum absolute atomic E-state index is 0.135. The Morgan fingerprint density at radius 1 is 1.14 bits per heavy atom. The molecule has 0 N–H and O–H groups in total. The number of Topliss-reactive ketones (excluding diaryl/α,β-unsaturated/α-hetero) is 1. The van der Waals surface area contributed by atoms with Gasteiger partial charge in [-0.3, -0.25) is 4.79 Å². The molecule has 1 heterocycles. The molecule has 3 nitrogen and oxygen atoms in total. The summed E-state index contributed by atoms with van der Waals surface area (Å²) in [6, 6.07) is 13.5. The first kappa shape index (κ1) is 14.3. The molecule has 1 aliphatic heterocycles. The zero-order valence-corrected chi connectivity index (χ0v) is 12.4. The van der Waals surface area contributed by atoms with E-state index in [0.717, 1.165) is 5.56 Å². The zero-order valence-electron chi connectivity index (χ0n) is 12.4. The lowest BCUT2D eigenvalue weighted by molar-refractivity contribution is 0.0957. The Hall–Kier alpha value is -2.62. The fourth-order valence-corrected chi connectivity index (χ4v) is 2.53. The highest BCUT2D eigenvalue weighted by molar-refractivity contribution is 6.12.